The van der Waals surface area contributed by atoms with E-state index in [0.717, 1.165) is 5.71 Å². The summed E-state index contributed by atoms with van der Waals surface area (Å²) in [5, 5.41) is 5.71. The number of hydrogen-bond acceptors (Lipinski definition) is 4. The third-order valence-electron chi connectivity index (χ3n) is 2.16. The molecule has 6 heteroatoms. The molecule has 0 atom stereocenters. The van der Waals surface area contributed by atoms with Crippen molar-refractivity contribution in [3.8, 4) is 0 Å². The second kappa shape index (κ2) is 5.16. The van der Waals surface area contributed by atoms with E-state index in [4.69, 9.17) is 5.73 Å². The standard InChI is InChI=1S/C11H19N3O3/c1-11(2,3)7-14-9(15)6-8(13-14)4-5-17-10(12)16/h4-7H2,1-3H3,(H2,12,16). The molecule has 0 aromatic heterocycles. The molecular weight excluding hydrogens is 222 g/mol. The molecule has 0 saturated carbocycles. The molecule has 0 radical (unpaired) electrons. The highest BCUT2D eigenvalue weighted by atomic mass is 16.5. The third kappa shape index (κ3) is 4.84. The molecular formula is C11H19N3O3. The number of nitrogens with two attached hydrogens (primary N) is 1. The van der Waals surface area contributed by atoms with Crippen LogP contribution >= 0.6 is 0 Å². The summed E-state index contributed by atoms with van der Waals surface area (Å²) in [6, 6.07) is 0. The predicted octanol–water partition coefficient (Wildman–Crippen LogP) is 1.11. The maximum absolute atomic E-state index is 11.6. The quantitative estimate of drug-likeness (QED) is 0.799. The fourth-order valence-corrected chi connectivity index (χ4v) is 1.51. The molecule has 17 heavy (non-hydrogen) atoms. The molecule has 0 aliphatic carbocycles. The Morgan fingerprint density at radius 2 is 2.18 bits per heavy atom. The maximum Gasteiger partial charge on any atom is 0.404 e. The lowest BCUT2D eigenvalue weighted by Gasteiger charge is -2.23. The Balaban J connectivity index is 2.45. The average molecular weight is 241 g/mol. The molecule has 2 N–H and O–H groups in total. The molecule has 0 unspecified atom stereocenters. The minimum atomic E-state index is -0.804. The molecule has 1 aliphatic heterocycles. The number of primary amides is 1. The Morgan fingerprint density at radius 1 is 1.53 bits per heavy atom. The van der Waals surface area contributed by atoms with E-state index in [1.54, 1.807) is 0 Å². The molecule has 2 amide bonds. The van der Waals surface area contributed by atoms with Crippen molar-refractivity contribution in [3.05, 3.63) is 0 Å². The van der Waals surface area contributed by atoms with Crippen LogP contribution in [-0.4, -0.2) is 35.9 Å². The number of hydrazone groups is 1. The van der Waals surface area contributed by atoms with E-state index in [1.165, 1.54) is 5.01 Å². The highest BCUT2D eigenvalue weighted by molar-refractivity contribution is 6.05. The van der Waals surface area contributed by atoms with Crippen LogP contribution in [0, 0.1) is 5.41 Å². The van der Waals surface area contributed by atoms with Crippen LogP contribution in [0.15, 0.2) is 5.10 Å². The van der Waals surface area contributed by atoms with E-state index in [2.05, 4.69) is 9.84 Å². The monoisotopic (exact) mass is 241 g/mol. The summed E-state index contributed by atoms with van der Waals surface area (Å²) in [6.45, 7) is 6.90. The number of carbonyl (C=O) groups excluding carboxylic acids is 2. The Kier molecular flexibility index (Phi) is 4.09. The van der Waals surface area contributed by atoms with Gasteiger partial charge in [-0.25, -0.2) is 9.80 Å². The van der Waals surface area contributed by atoms with Gasteiger partial charge in [0, 0.05) is 13.0 Å². The molecule has 96 valence electrons. The molecule has 0 bridgehead atoms. The zero-order valence-electron chi connectivity index (χ0n) is 10.5. The molecule has 0 aromatic carbocycles. The predicted molar refractivity (Wildman–Crippen MR) is 63.4 cm³/mol. The van der Waals surface area contributed by atoms with Crippen molar-refractivity contribution in [2.75, 3.05) is 13.2 Å². The first kappa shape index (κ1) is 13.5. The number of ether oxygens (including phenoxy) is 1. The van der Waals surface area contributed by atoms with Crippen molar-refractivity contribution in [2.45, 2.75) is 33.6 Å². The van der Waals surface area contributed by atoms with Gasteiger partial charge in [-0.05, 0) is 5.41 Å². The van der Waals surface area contributed by atoms with Gasteiger partial charge in [0.2, 0.25) is 5.91 Å². The minimum Gasteiger partial charge on any atom is -0.449 e. The molecule has 1 rings (SSSR count). The Labute approximate surface area is 101 Å². The SMILES string of the molecule is CC(C)(C)CN1N=C(CCOC(N)=O)CC1=O. The first-order chi connectivity index (χ1) is 7.78. The van der Waals surface area contributed by atoms with Gasteiger partial charge in [-0.15, -0.1) is 0 Å². The van der Waals surface area contributed by atoms with Crippen LogP contribution < -0.4 is 5.73 Å². The third-order valence-corrected chi connectivity index (χ3v) is 2.16. The Morgan fingerprint density at radius 3 is 2.71 bits per heavy atom. The molecule has 0 spiro atoms. The second-order valence-corrected chi connectivity index (χ2v) is 5.27. The van der Waals surface area contributed by atoms with Gasteiger partial charge in [0.05, 0.1) is 18.7 Å². The van der Waals surface area contributed by atoms with Crippen LogP contribution in [0.25, 0.3) is 0 Å². The van der Waals surface area contributed by atoms with Crippen LogP contribution in [0.5, 0.6) is 0 Å². The number of hydrogen-bond donors (Lipinski definition) is 1. The molecule has 0 saturated heterocycles. The summed E-state index contributed by atoms with van der Waals surface area (Å²) in [5.74, 6) is -0.00556. The van der Waals surface area contributed by atoms with Gasteiger partial charge in [0.25, 0.3) is 0 Å². The minimum absolute atomic E-state index is 0.00556. The highest BCUT2D eigenvalue weighted by Crippen LogP contribution is 2.19. The molecule has 0 aromatic rings. The summed E-state index contributed by atoms with van der Waals surface area (Å²) in [5.41, 5.74) is 5.59. The Hall–Kier alpha value is -1.59. The summed E-state index contributed by atoms with van der Waals surface area (Å²) >= 11 is 0. The fourth-order valence-electron chi connectivity index (χ4n) is 1.51. The van der Waals surface area contributed by atoms with E-state index in [-0.39, 0.29) is 17.9 Å². The van der Waals surface area contributed by atoms with E-state index >= 15 is 0 Å². The van der Waals surface area contributed by atoms with Crippen LogP contribution in [0.3, 0.4) is 0 Å². The van der Waals surface area contributed by atoms with Crippen LogP contribution in [-0.2, 0) is 9.53 Å². The van der Waals surface area contributed by atoms with Crippen LogP contribution in [0.4, 0.5) is 4.79 Å². The molecule has 6 nitrogen and oxygen atoms in total. The van der Waals surface area contributed by atoms with Crippen LogP contribution in [0.2, 0.25) is 0 Å². The second-order valence-electron chi connectivity index (χ2n) is 5.27. The topological polar surface area (TPSA) is 85.0 Å². The largest absolute Gasteiger partial charge is 0.449 e. The van der Waals surface area contributed by atoms with Gasteiger partial charge >= 0.3 is 6.09 Å². The van der Waals surface area contributed by atoms with Gasteiger partial charge in [-0.1, -0.05) is 20.8 Å². The normalized spacial score (nSPS) is 16.1. The number of nitrogens with zero attached hydrogens (tertiary/aromatic N) is 2. The first-order valence-corrected chi connectivity index (χ1v) is 5.57. The van der Waals surface area contributed by atoms with E-state index in [9.17, 15) is 9.59 Å². The van der Waals surface area contributed by atoms with Gasteiger partial charge in [0.15, 0.2) is 0 Å². The van der Waals surface area contributed by atoms with Crippen molar-refractivity contribution in [2.24, 2.45) is 16.3 Å². The summed E-state index contributed by atoms with van der Waals surface area (Å²) in [7, 11) is 0. The summed E-state index contributed by atoms with van der Waals surface area (Å²) in [6.07, 6.45) is -0.0467. The molecule has 1 heterocycles. The lowest BCUT2D eigenvalue weighted by Crippen LogP contribution is -2.30. The lowest BCUT2D eigenvalue weighted by molar-refractivity contribution is -0.129. The lowest BCUT2D eigenvalue weighted by atomic mass is 9.97. The average Bonchev–Trinajstić information content (AvgIpc) is 2.43. The molecule has 0 fully saturated rings. The summed E-state index contributed by atoms with van der Waals surface area (Å²) < 4.78 is 4.60. The van der Waals surface area contributed by atoms with E-state index in [1.807, 2.05) is 20.8 Å². The molecule has 1 aliphatic rings. The smallest absolute Gasteiger partial charge is 0.404 e. The first-order valence-electron chi connectivity index (χ1n) is 5.57. The number of rotatable bonds is 4. The van der Waals surface area contributed by atoms with Crippen molar-refractivity contribution in [1.29, 1.82) is 0 Å². The van der Waals surface area contributed by atoms with E-state index in [0.29, 0.717) is 19.4 Å². The van der Waals surface area contributed by atoms with Gasteiger partial charge in [-0.3, -0.25) is 4.79 Å². The summed E-state index contributed by atoms with van der Waals surface area (Å²) in [4.78, 5) is 22.0. The number of carbonyl (C=O) groups is 2. The zero-order valence-corrected chi connectivity index (χ0v) is 10.5. The fraction of sp³-hybridized carbons (Fsp3) is 0.727. The maximum atomic E-state index is 11.6. The Bertz CT molecular complexity index is 344. The van der Waals surface area contributed by atoms with Crippen molar-refractivity contribution in [1.82, 2.24) is 5.01 Å². The van der Waals surface area contributed by atoms with Crippen LogP contribution in [0.1, 0.15) is 33.6 Å². The van der Waals surface area contributed by atoms with Gasteiger partial charge < -0.3 is 10.5 Å². The van der Waals surface area contributed by atoms with Gasteiger partial charge in [-0.2, -0.15) is 5.10 Å². The van der Waals surface area contributed by atoms with Crippen molar-refractivity contribution in [3.63, 3.8) is 0 Å². The highest BCUT2D eigenvalue weighted by Gasteiger charge is 2.27. The zero-order chi connectivity index (χ0) is 13.1. The van der Waals surface area contributed by atoms with Gasteiger partial charge in [0.1, 0.15) is 0 Å². The van der Waals surface area contributed by atoms with Crippen molar-refractivity contribution >= 4 is 17.7 Å². The number of amides is 2. The van der Waals surface area contributed by atoms with E-state index < -0.39 is 6.09 Å². The van der Waals surface area contributed by atoms with Crippen molar-refractivity contribution < 1.29 is 14.3 Å².